The van der Waals surface area contributed by atoms with E-state index in [1.54, 1.807) is 23.1 Å². The Bertz CT molecular complexity index is 459. The van der Waals surface area contributed by atoms with Crippen LogP contribution in [0, 0.1) is 0 Å². The molecule has 0 atom stereocenters. The number of rotatable bonds is 3. The lowest BCUT2D eigenvalue weighted by molar-refractivity contribution is -0.122. The monoisotopic (exact) mass is 283 g/mol. The van der Waals surface area contributed by atoms with Gasteiger partial charge in [0.05, 0.1) is 5.56 Å². The third-order valence-electron chi connectivity index (χ3n) is 2.62. The molecule has 1 aliphatic rings. The van der Waals surface area contributed by atoms with Crippen molar-refractivity contribution in [2.45, 2.75) is 11.8 Å². The normalized spacial score (nSPS) is 14.8. The van der Waals surface area contributed by atoms with Crippen LogP contribution in [-0.2, 0) is 10.1 Å². The number of anilines is 1. The fourth-order valence-corrected chi connectivity index (χ4v) is 2.11. The van der Waals surface area contributed by atoms with E-state index in [0.717, 1.165) is 5.56 Å². The first-order valence-electron chi connectivity index (χ1n) is 4.86. The molecule has 2 rings (SSSR count). The van der Waals surface area contributed by atoms with Crippen molar-refractivity contribution in [3.05, 3.63) is 29.3 Å². The number of hydrogen-bond acceptors (Lipinski definition) is 2. The van der Waals surface area contributed by atoms with Crippen molar-refractivity contribution in [1.29, 1.82) is 0 Å². The van der Waals surface area contributed by atoms with Crippen LogP contribution in [0.4, 0.5) is 5.69 Å². The summed E-state index contributed by atoms with van der Waals surface area (Å²) in [5, 5.41) is 9.50. The molecule has 16 heavy (non-hydrogen) atoms. The summed E-state index contributed by atoms with van der Waals surface area (Å²) in [7, 11) is 0. The Balaban J connectivity index is 2.43. The number of aromatic carboxylic acids is 1. The number of halogens is 1. The van der Waals surface area contributed by atoms with Crippen LogP contribution >= 0.6 is 15.9 Å². The van der Waals surface area contributed by atoms with Gasteiger partial charge in [-0.25, -0.2) is 4.79 Å². The number of carbonyl (C=O) groups excluding carboxylic acids is 1. The van der Waals surface area contributed by atoms with Gasteiger partial charge in [-0.2, -0.15) is 0 Å². The molecule has 84 valence electrons. The third-order valence-corrected chi connectivity index (χ3v) is 3.22. The molecule has 1 N–H and O–H groups in total. The third kappa shape index (κ3) is 1.82. The van der Waals surface area contributed by atoms with Crippen LogP contribution in [0.5, 0.6) is 0 Å². The SMILES string of the molecule is O=C(O)c1ccc(CBr)c(N2CCC2=O)c1. The molecular weight excluding hydrogens is 274 g/mol. The average Bonchev–Trinajstić information content (AvgIpc) is 2.27. The first-order chi connectivity index (χ1) is 7.63. The highest BCUT2D eigenvalue weighted by molar-refractivity contribution is 9.08. The Hall–Kier alpha value is -1.36. The van der Waals surface area contributed by atoms with E-state index in [9.17, 15) is 9.59 Å². The lowest BCUT2D eigenvalue weighted by Crippen LogP contribution is -2.44. The molecule has 1 heterocycles. The predicted molar refractivity (Wildman–Crippen MR) is 63.0 cm³/mol. The second kappa shape index (κ2) is 4.25. The van der Waals surface area contributed by atoms with E-state index < -0.39 is 5.97 Å². The number of carboxylic acids is 1. The molecule has 1 aliphatic heterocycles. The van der Waals surface area contributed by atoms with Gasteiger partial charge >= 0.3 is 5.97 Å². The Labute approximate surface area is 101 Å². The highest BCUT2D eigenvalue weighted by Gasteiger charge is 2.27. The van der Waals surface area contributed by atoms with Gasteiger partial charge in [0.1, 0.15) is 0 Å². The van der Waals surface area contributed by atoms with Gasteiger partial charge < -0.3 is 10.0 Å². The first kappa shape index (κ1) is 11.1. The summed E-state index contributed by atoms with van der Waals surface area (Å²) >= 11 is 3.33. The summed E-state index contributed by atoms with van der Waals surface area (Å²) in [6.07, 6.45) is 0.541. The molecular formula is C11H10BrNO3. The first-order valence-corrected chi connectivity index (χ1v) is 5.98. The van der Waals surface area contributed by atoms with Gasteiger partial charge in [0.25, 0.3) is 0 Å². The maximum Gasteiger partial charge on any atom is 0.335 e. The second-order valence-electron chi connectivity index (χ2n) is 3.58. The Morgan fingerprint density at radius 3 is 2.69 bits per heavy atom. The second-order valence-corrected chi connectivity index (χ2v) is 4.14. The van der Waals surface area contributed by atoms with Crippen molar-refractivity contribution in [2.24, 2.45) is 0 Å². The number of alkyl halides is 1. The quantitative estimate of drug-likeness (QED) is 0.682. The van der Waals surface area contributed by atoms with Gasteiger partial charge in [-0.05, 0) is 17.7 Å². The Morgan fingerprint density at radius 2 is 2.25 bits per heavy atom. The zero-order chi connectivity index (χ0) is 11.7. The standard InChI is InChI=1S/C11H10BrNO3/c12-6-8-2-1-7(11(15)16)5-9(8)13-4-3-10(13)14/h1-2,5H,3-4,6H2,(H,15,16). The van der Waals surface area contributed by atoms with Crippen LogP contribution in [0.25, 0.3) is 0 Å². The number of nitrogens with zero attached hydrogens (tertiary/aromatic N) is 1. The molecule has 1 aromatic rings. The Morgan fingerprint density at radius 1 is 1.50 bits per heavy atom. The number of carboxylic acid groups (broad SMARTS) is 1. The van der Waals surface area contributed by atoms with Crippen LogP contribution in [0.2, 0.25) is 0 Å². The molecule has 0 bridgehead atoms. The summed E-state index contributed by atoms with van der Waals surface area (Å²) in [4.78, 5) is 23.8. The van der Waals surface area contributed by atoms with Crippen molar-refractivity contribution < 1.29 is 14.7 Å². The van der Waals surface area contributed by atoms with E-state index in [0.29, 0.717) is 24.0 Å². The lowest BCUT2D eigenvalue weighted by atomic mass is 10.1. The average molecular weight is 284 g/mol. The maximum absolute atomic E-state index is 11.3. The van der Waals surface area contributed by atoms with Gasteiger partial charge in [0.2, 0.25) is 5.91 Å². The van der Waals surface area contributed by atoms with Gasteiger partial charge in [-0.1, -0.05) is 22.0 Å². The summed E-state index contributed by atoms with van der Waals surface area (Å²) in [5.41, 5.74) is 1.84. The minimum Gasteiger partial charge on any atom is -0.478 e. The van der Waals surface area contributed by atoms with Crippen molar-refractivity contribution in [1.82, 2.24) is 0 Å². The van der Waals surface area contributed by atoms with Crippen LogP contribution in [0.3, 0.4) is 0 Å². The fourth-order valence-electron chi connectivity index (χ4n) is 1.63. The molecule has 0 unspecified atom stereocenters. The highest BCUT2D eigenvalue weighted by atomic mass is 79.9. The summed E-state index contributed by atoms with van der Waals surface area (Å²) in [6.45, 7) is 0.669. The predicted octanol–water partition coefficient (Wildman–Crippen LogP) is 2.02. The van der Waals surface area contributed by atoms with Gasteiger partial charge in [-0.3, -0.25) is 4.79 Å². The van der Waals surface area contributed by atoms with Crippen molar-refractivity contribution in [3.63, 3.8) is 0 Å². The molecule has 0 aromatic heterocycles. The van der Waals surface area contributed by atoms with E-state index in [4.69, 9.17) is 5.11 Å². The van der Waals surface area contributed by atoms with Crippen LogP contribution in [0.1, 0.15) is 22.3 Å². The number of hydrogen-bond donors (Lipinski definition) is 1. The number of amides is 1. The minimum atomic E-state index is -0.977. The number of carbonyl (C=O) groups is 2. The van der Waals surface area contributed by atoms with Gasteiger partial charge in [0, 0.05) is 24.0 Å². The van der Waals surface area contributed by atoms with Gasteiger partial charge in [0.15, 0.2) is 0 Å². The topological polar surface area (TPSA) is 57.6 Å². The minimum absolute atomic E-state index is 0.0461. The van der Waals surface area contributed by atoms with Crippen molar-refractivity contribution in [3.8, 4) is 0 Å². The van der Waals surface area contributed by atoms with E-state index in [1.807, 2.05) is 0 Å². The maximum atomic E-state index is 11.3. The number of benzene rings is 1. The molecule has 0 spiro atoms. The Kier molecular flexibility index (Phi) is 2.96. The van der Waals surface area contributed by atoms with Crippen LogP contribution in [-0.4, -0.2) is 23.5 Å². The number of β-lactam (4-membered cyclic amide) rings is 1. The molecule has 1 saturated heterocycles. The molecule has 1 aromatic carbocycles. The summed E-state index contributed by atoms with van der Waals surface area (Å²) in [5.74, 6) is -0.930. The van der Waals surface area contributed by atoms with E-state index >= 15 is 0 Å². The zero-order valence-electron chi connectivity index (χ0n) is 8.44. The highest BCUT2D eigenvalue weighted by Crippen LogP contribution is 2.28. The zero-order valence-corrected chi connectivity index (χ0v) is 10.0. The molecule has 5 heteroatoms. The summed E-state index contributed by atoms with van der Waals surface area (Å²) < 4.78 is 0. The molecule has 1 fully saturated rings. The summed E-state index contributed by atoms with van der Waals surface area (Å²) in [6, 6.07) is 4.84. The molecule has 0 radical (unpaired) electrons. The smallest absolute Gasteiger partial charge is 0.335 e. The van der Waals surface area contributed by atoms with E-state index in [-0.39, 0.29) is 11.5 Å². The largest absolute Gasteiger partial charge is 0.478 e. The van der Waals surface area contributed by atoms with E-state index in [2.05, 4.69) is 15.9 Å². The molecule has 0 aliphatic carbocycles. The fraction of sp³-hybridized carbons (Fsp3) is 0.273. The van der Waals surface area contributed by atoms with Crippen molar-refractivity contribution in [2.75, 3.05) is 11.4 Å². The molecule has 4 nitrogen and oxygen atoms in total. The van der Waals surface area contributed by atoms with Crippen LogP contribution < -0.4 is 4.90 Å². The molecule has 1 amide bonds. The van der Waals surface area contributed by atoms with Gasteiger partial charge in [-0.15, -0.1) is 0 Å². The molecule has 0 saturated carbocycles. The van der Waals surface area contributed by atoms with Crippen LogP contribution in [0.15, 0.2) is 18.2 Å². The van der Waals surface area contributed by atoms with E-state index in [1.165, 1.54) is 0 Å². The van der Waals surface area contributed by atoms with Crippen molar-refractivity contribution >= 4 is 33.5 Å². The lowest BCUT2D eigenvalue weighted by Gasteiger charge is -2.32.